The first kappa shape index (κ1) is 19.8. The fraction of sp³-hybridized carbons (Fsp3) is 0.526. The molecule has 1 heterocycles. The van der Waals surface area contributed by atoms with E-state index in [9.17, 15) is 0 Å². The van der Waals surface area contributed by atoms with Gasteiger partial charge in [-0.1, -0.05) is 25.5 Å². The van der Waals surface area contributed by atoms with E-state index < -0.39 is 0 Å². The van der Waals surface area contributed by atoms with Crippen LogP contribution >= 0.6 is 0 Å². The molecule has 2 N–H and O–H groups in total. The second-order valence-corrected chi connectivity index (χ2v) is 6.19. The van der Waals surface area contributed by atoms with E-state index in [1.165, 1.54) is 5.56 Å². The molecular formula is C19H30N6O. The van der Waals surface area contributed by atoms with Crippen molar-refractivity contribution in [3.05, 3.63) is 41.5 Å². The molecule has 0 aliphatic rings. The third kappa shape index (κ3) is 6.06. The van der Waals surface area contributed by atoms with Gasteiger partial charge in [0.15, 0.2) is 11.8 Å². The number of methoxy groups -OCH3 is 1. The number of nitrogens with zero attached hydrogens (tertiary/aromatic N) is 4. The molecule has 0 spiro atoms. The highest BCUT2D eigenvalue weighted by molar-refractivity contribution is 5.79. The molecule has 0 fully saturated rings. The van der Waals surface area contributed by atoms with E-state index in [0.29, 0.717) is 6.54 Å². The lowest BCUT2D eigenvalue weighted by atomic mass is 10.1. The normalized spacial score (nSPS) is 11.5. The molecule has 26 heavy (non-hydrogen) atoms. The van der Waals surface area contributed by atoms with Gasteiger partial charge in [0.25, 0.3) is 0 Å². The van der Waals surface area contributed by atoms with Gasteiger partial charge in [0.05, 0.1) is 7.11 Å². The van der Waals surface area contributed by atoms with E-state index in [1.54, 1.807) is 7.11 Å². The third-order valence-electron chi connectivity index (χ3n) is 4.25. The maximum absolute atomic E-state index is 5.19. The van der Waals surface area contributed by atoms with Gasteiger partial charge in [0.1, 0.15) is 18.1 Å². The van der Waals surface area contributed by atoms with Gasteiger partial charge in [-0.2, -0.15) is 0 Å². The Hall–Kier alpha value is -2.57. The fourth-order valence-electron chi connectivity index (χ4n) is 2.41. The molecule has 7 nitrogen and oxygen atoms in total. The SMILES string of the molecule is CCCCNC(=NCc1nnc(C)n1C)NCCc1ccc(OC)cc1. The quantitative estimate of drug-likeness (QED) is 0.408. The van der Waals surface area contributed by atoms with Gasteiger partial charge in [-0.15, -0.1) is 10.2 Å². The molecule has 142 valence electrons. The lowest BCUT2D eigenvalue weighted by Crippen LogP contribution is -2.39. The second-order valence-electron chi connectivity index (χ2n) is 6.19. The van der Waals surface area contributed by atoms with Crippen molar-refractivity contribution >= 4 is 5.96 Å². The number of aromatic nitrogens is 3. The van der Waals surface area contributed by atoms with Crippen LogP contribution in [0, 0.1) is 6.92 Å². The number of nitrogens with one attached hydrogen (secondary N) is 2. The zero-order valence-electron chi connectivity index (χ0n) is 16.2. The van der Waals surface area contributed by atoms with Crippen LogP contribution in [-0.4, -0.2) is 40.9 Å². The summed E-state index contributed by atoms with van der Waals surface area (Å²) < 4.78 is 7.16. The minimum atomic E-state index is 0.501. The van der Waals surface area contributed by atoms with Crippen molar-refractivity contribution in [1.82, 2.24) is 25.4 Å². The van der Waals surface area contributed by atoms with E-state index in [-0.39, 0.29) is 0 Å². The van der Waals surface area contributed by atoms with Crippen LogP contribution in [0.3, 0.4) is 0 Å². The van der Waals surface area contributed by atoms with Gasteiger partial charge in [0.2, 0.25) is 0 Å². The molecule has 0 saturated heterocycles. The van der Waals surface area contributed by atoms with Crippen LogP contribution in [0.4, 0.5) is 0 Å². The number of hydrogen-bond acceptors (Lipinski definition) is 4. The van der Waals surface area contributed by atoms with Crippen molar-refractivity contribution in [2.24, 2.45) is 12.0 Å². The standard InChI is InChI=1S/C19H30N6O/c1-5-6-12-20-19(22-14-18-24-23-15(2)25(18)3)21-13-11-16-7-9-17(26-4)10-8-16/h7-10H,5-6,11-14H2,1-4H3,(H2,20,21,22). The first-order valence-corrected chi connectivity index (χ1v) is 9.14. The molecule has 0 radical (unpaired) electrons. The van der Waals surface area contributed by atoms with E-state index in [2.05, 4.69) is 44.9 Å². The van der Waals surface area contributed by atoms with Crippen LogP contribution in [-0.2, 0) is 20.0 Å². The highest BCUT2D eigenvalue weighted by Crippen LogP contribution is 2.11. The van der Waals surface area contributed by atoms with Crippen LogP contribution < -0.4 is 15.4 Å². The topological polar surface area (TPSA) is 76.4 Å². The molecule has 7 heteroatoms. The molecule has 2 rings (SSSR count). The predicted molar refractivity (Wildman–Crippen MR) is 104 cm³/mol. The van der Waals surface area contributed by atoms with E-state index in [1.807, 2.05) is 30.7 Å². The number of guanidine groups is 1. The van der Waals surface area contributed by atoms with Gasteiger partial charge < -0.3 is 19.9 Å². The van der Waals surface area contributed by atoms with Crippen LogP contribution in [0.5, 0.6) is 5.75 Å². The number of rotatable bonds is 9. The number of aryl methyl sites for hydroxylation is 1. The Labute approximate surface area is 155 Å². The van der Waals surface area contributed by atoms with E-state index >= 15 is 0 Å². The minimum Gasteiger partial charge on any atom is -0.497 e. The van der Waals surface area contributed by atoms with Crippen LogP contribution in [0.2, 0.25) is 0 Å². The Kier molecular flexibility index (Phi) is 7.92. The van der Waals surface area contributed by atoms with Crippen LogP contribution in [0.15, 0.2) is 29.3 Å². The average Bonchev–Trinajstić information content (AvgIpc) is 2.98. The zero-order valence-corrected chi connectivity index (χ0v) is 16.2. The zero-order chi connectivity index (χ0) is 18.8. The monoisotopic (exact) mass is 358 g/mol. The summed E-state index contributed by atoms with van der Waals surface area (Å²) in [4.78, 5) is 4.65. The smallest absolute Gasteiger partial charge is 0.191 e. The Bertz CT molecular complexity index is 693. The third-order valence-corrected chi connectivity index (χ3v) is 4.25. The lowest BCUT2D eigenvalue weighted by molar-refractivity contribution is 0.414. The first-order chi connectivity index (χ1) is 12.6. The summed E-state index contributed by atoms with van der Waals surface area (Å²) in [7, 11) is 3.64. The summed E-state index contributed by atoms with van der Waals surface area (Å²) in [5.74, 6) is 3.44. The Balaban J connectivity index is 1.90. The predicted octanol–water partition coefficient (Wildman–Crippen LogP) is 2.21. The van der Waals surface area contributed by atoms with Gasteiger partial charge >= 0.3 is 0 Å². The fourth-order valence-corrected chi connectivity index (χ4v) is 2.41. The largest absolute Gasteiger partial charge is 0.497 e. The van der Waals surface area contributed by atoms with Gasteiger partial charge in [0, 0.05) is 20.1 Å². The molecule has 0 atom stereocenters. The van der Waals surface area contributed by atoms with Crippen molar-refractivity contribution < 1.29 is 4.74 Å². The van der Waals surface area contributed by atoms with Crippen LogP contribution in [0.1, 0.15) is 37.0 Å². The van der Waals surface area contributed by atoms with Crippen molar-refractivity contribution in [2.45, 2.75) is 39.7 Å². The van der Waals surface area contributed by atoms with Crippen molar-refractivity contribution in [2.75, 3.05) is 20.2 Å². The average molecular weight is 358 g/mol. The number of ether oxygens (including phenoxy) is 1. The molecule has 0 amide bonds. The summed E-state index contributed by atoms with van der Waals surface area (Å²) in [6.07, 6.45) is 3.18. The van der Waals surface area contributed by atoms with E-state index in [4.69, 9.17) is 4.74 Å². The summed E-state index contributed by atoms with van der Waals surface area (Å²) in [6.45, 7) is 6.33. The number of unbranched alkanes of at least 4 members (excludes halogenated alkanes) is 1. The Morgan fingerprint density at radius 2 is 1.88 bits per heavy atom. The van der Waals surface area contributed by atoms with Crippen molar-refractivity contribution in [3.8, 4) is 5.75 Å². The van der Waals surface area contributed by atoms with Crippen molar-refractivity contribution in [1.29, 1.82) is 0 Å². The Morgan fingerprint density at radius 1 is 1.15 bits per heavy atom. The van der Waals surface area contributed by atoms with Crippen LogP contribution in [0.25, 0.3) is 0 Å². The molecule has 0 saturated carbocycles. The highest BCUT2D eigenvalue weighted by atomic mass is 16.5. The Morgan fingerprint density at radius 3 is 2.50 bits per heavy atom. The second kappa shape index (κ2) is 10.4. The van der Waals surface area contributed by atoms with Crippen molar-refractivity contribution in [3.63, 3.8) is 0 Å². The molecule has 1 aromatic carbocycles. The molecule has 0 aliphatic heterocycles. The summed E-state index contributed by atoms with van der Waals surface area (Å²) >= 11 is 0. The lowest BCUT2D eigenvalue weighted by Gasteiger charge is -2.12. The molecule has 0 aliphatic carbocycles. The maximum Gasteiger partial charge on any atom is 0.191 e. The number of hydrogen-bond donors (Lipinski definition) is 2. The summed E-state index contributed by atoms with van der Waals surface area (Å²) in [6, 6.07) is 8.15. The van der Waals surface area contributed by atoms with E-state index in [0.717, 1.165) is 55.7 Å². The minimum absolute atomic E-state index is 0.501. The molecule has 2 aromatic rings. The van der Waals surface area contributed by atoms with Gasteiger partial charge in [-0.05, 0) is 37.5 Å². The molecule has 0 bridgehead atoms. The summed E-state index contributed by atoms with van der Waals surface area (Å²) in [5, 5.41) is 15.0. The summed E-state index contributed by atoms with van der Waals surface area (Å²) in [5.41, 5.74) is 1.26. The highest BCUT2D eigenvalue weighted by Gasteiger charge is 2.05. The molecular weight excluding hydrogens is 328 g/mol. The number of aliphatic imine (C=N–C) groups is 1. The van der Waals surface area contributed by atoms with Gasteiger partial charge in [-0.25, -0.2) is 4.99 Å². The number of benzene rings is 1. The van der Waals surface area contributed by atoms with Gasteiger partial charge in [-0.3, -0.25) is 0 Å². The maximum atomic E-state index is 5.19. The molecule has 0 unspecified atom stereocenters. The first-order valence-electron chi connectivity index (χ1n) is 9.14. The molecule has 1 aromatic heterocycles.